The van der Waals surface area contributed by atoms with Crippen molar-refractivity contribution >= 4 is 28.2 Å². The topological polar surface area (TPSA) is 123 Å². The summed E-state index contributed by atoms with van der Waals surface area (Å²) in [6.45, 7) is 5.42. The summed E-state index contributed by atoms with van der Waals surface area (Å²) in [4.78, 5) is 28.5. The average Bonchev–Trinajstić information content (AvgIpc) is 2.88. The van der Waals surface area contributed by atoms with Crippen molar-refractivity contribution in [1.82, 2.24) is 20.3 Å². The van der Waals surface area contributed by atoms with Crippen LogP contribution in [0.1, 0.15) is 37.0 Å². The van der Waals surface area contributed by atoms with E-state index in [-0.39, 0.29) is 23.6 Å². The van der Waals surface area contributed by atoms with E-state index < -0.39 is 5.82 Å². The van der Waals surface area contributed by atoms with Gasteiger partial charge in [-0.3, -0.25) is 14.8 Å². The van der Waals surface area contributed by atoms with Gasteiger partial charge in [0, 0.05) is 53.6 Å². The van der Waals surface area contributed by atoms with Crippen LogP contribution in [0.4, 0.5) is 15.8 Å². The van der Waals surface area contributed by atoms with Crippen molar-refractivity contribution in [2.75, 3.05) is 23.7 Å². The van der Waals surface area contributed by atoms with Gasteiger partial charge in [-0.2, -0.15) is 0 Å². The molecule has 1 aromatic carbocycles. The molecule has 4 aromatic rings. The van der Waals surface area contributed by atoms with Crippen molar-refractivity contribution in [3.63, 3.8) is 0 Å². The molecule has 0 spiro atoms. The Bertz CT molecular complexity index is 1470. The smallest absolute Gasteiger partial charge is 0.251 e. The third kappa shape index (κ3) is 5.08. The molecule has 8 nitrogen and oxygen atoms in total. The maximum Gasteiger partial charge on any atom is 0.251 e. The summed E-state index contributed by atoms with van der Waals surface area (Å²) in [5, 5.41) is 3.75. The van der Waals surface area contributed by atoms with E-state index >= 15 is 0 Å². The molecule has 1 saturated heterocycles. The maximum absolute atomic E-state index is 14.9. The Kier molecular flexibility index (Phi) is 6.71. The second-order valence-corrected chi connectivity index (χ2v) is 9.72. The monoisotopic (exact) mass is 499 g/mol. The van der Waals surface area contributed by atoms with Gasteiger partial charge in [0.05, 0.1) is 28.8 Å². The predicted molar refractivity (Wildman–Crippen MR) is 145 cm³/mol. The third-order valence-electron chi connectivity index (χ3n) is 6.50. The SMILES string of the molecule is CC(C)NC(=O)c1ccc(F)c(-c2ccc(N)c(-c3cc4c(N5CCC[C@@H](N)C5)ccnc4cn3)n2)c1. The zero-order chi connectivity index (χ0) is 26.1. The van der Waals surface area contributed by atoms with E-state index in [9.17, 15) is 9.18 Å². The van der Waals surface area contributed by atoms with Crippen molar-refractivity contribution in [3.8, 4) is 22.6 Å². The number of anilines is 2. The first kappa shape index (κ1) is 24.6. The van der Waals surface area contributed by atoms with Crippen LogP contribution in [0.3, 0.4) is 0 Å². The standard InChI is InChI=1S/C28H30FN7O/c1-16(2)34-28(37)17-5-6-21(29)19(12-17)23-8-7-22(31)27(35-23)24-13-20-25(14-33-24)32-10-9-26(20)36-11-3-4-18(30)15-36/h5-10,12-14,16,18H,3-4,11,15,30-31H2,1-2H3,(H,34,37)/t18-/m1/s1. The van der Waals surface area contributed by atoms with E-state index in [1.54, 1.807) is 24.5 Å². The average molecular weight is 500 g/mol. The van der Waals surface area contributed by atoms with Crippen LogP contribution < -0.4 is 21.7 Å². The minimum Gasteiger partial charge on any atom is -0.397 e. The van der Waals surface area contributed by atoms with Crippen molar-refractivity contribution in [3.05, 3.63) is 66.2 Å². The minimum atomic E-state index is -0.483. The van der Waals surface area contributed by atoms with Crippen LogP contribution in [0.25, 0.3) is 33.5 Å². The van der Waals surface area contributed by atoms with Crippen LogP contribution in [-0.4, -0.2) is 46.0 Å². The number of rotatable bonds is 5. The van der Waals surface area contributed by atoms with Gasteiger partial charge in [0.2, 0.25) is 0 Å². The molecular weight excluding hydrogens is 469 g/mol. The van der Waals surface area contributed by atoms with Gasteiger partial charge in [0.15, 0.2) is 0 Å². The Labute approximate surface area is 214 Å². The molecular formula is C28H30FN7O. The molecule has 37 heavy (non-hydrogen) atoms. The fourth-order valence-electron chi connectivity index (χ4n) is 4.70. The van der Waals surface area contributed by atoms with Gasteiger partial charge in [-0.25, -0.2) is 9.37 Å². The number of aromatic nitrogens is 3. The van der Waals surface area contributed by atoms with Gasteiger partial charge < -0.3 is 21.7 Å². The highest BCUT2D eigenvalue weighted by molar-refractivity contribution is 5.96. The summed E-state index contributed by atoms with van der Waals surface area (Å²) in [5.74, 6) is -0.760. The molecule has 1 atom stereocenters. The quantitative estimate of drug-likeness (QED) is 0.377. The number of fused-ring (bicyclic) bond motifs is 1. The second kappa shape index (κ2) is 10.1. The number of nitrogens with two attached hydrogens (primary N) is 2. The van der Waals surface area contributed by atoms with E-state index in [1.165, 1.54) is 18.2 Å². The molecule has 3 aromatic heterocycles. The molecule has 9 heteroatoms. The molecule has 0 bridgehead atoms. The number of nitrogen functional groups attached to an aromatic ring is 1. The van der Waals surface area contributed by atoms with Crippen molar-refractivity contribution in [2.24, 2.45) is 5.73 Å². The molecule has 1 aliphatic heterocycles. The Balaban J connectivity index is 1.56. The molecule has 5 rings (SSSR count). The number of carbonyl (C=O) groups is 1. The second-order valence-electron chi connectivity index (χ2n) is 9.72. The lowest BCUT2D eigenvalue weighted by molar-refractivity contribution is 0.0943. The Hall–Kier alpha value is -4.11. The predicted octanol–water partition coefficient (Wildman–Crippen LogP) is 4.15. The van der Waals surface area contributed by atoms with E-state index in [0.29, 0.717) is 28.3 Å². The van der Waals surface area contributed by atoms with E-state index in [1.807, 2.05) is 26.0 Å². The van der Waals surface area contributed by atoms with Gasteiger partial charge in [-0.1, -0.05) is 0 Å². The first-order chi connectivity index (χ1) is 17.8. The summed E-state index contributed by atoms with van der Waals surface area (Å²) in [6, 6.07) is 11.6. The summed E-state index contributed by atoms with van der Waals surface area (Å²) >= 11 is 0. The van der Waals surface area contributed by atoms with Crippen LogP contribution in [0.15, 0.2) is 54.9 Å². The lowest BCUT2D eigenvalue weighted by Gasteiger charge is -2.33. The molecule has 0 aliphatic carbocycles. The fraction of sp³-hybridized carbons (Fsp3) is 0.286. The summed E-state index contributed by atoms with van der Waals surface area (Å²) in [7, 11) is 0. The van der Waals surface area contributed by atoms with Crippen LogP contribution in [0, 0.1) is 5.82 Å². The molecule has 5 N–H and O–H groups in total. The number of amides is 1. The van der Waals surface area contributed by atoms with E-state index in [4.69, 9.17) is 11.5 Å². The van der Waals surface area contributed by atoms with Crippen molar-refractivity contribution in [2.45, 2.75) is 38.8 Å². The zero-order valence-corrected chi connectivity index (χ0v) is 20.9. The number of nitrogens with one attached hydrogen (secondary N) is 1. The number of nitrogens with zero attached hydrogens (tertiary/aromatic N) is 4. The maximum atomic E-state index is 14.9. The van der Waals surface area contributed by atoms with Crippen LogP contribution in [0.2, 0.25) is 0 Å². The first-order valence-electron chi connectivity index (χ1n) is 12.4. The molecule has 0 radical (unpaired) electrons. The van der Waals surface area contributed by atoms with Gasteiger partial charge in [-0.05, 0) is 69.2 Å². The number of carbonyl (C=O) groups excluding carboxylic acids is 1. The number of hydrogen-bond acceptors (Lipinski definition) is 7. The number of benzene rings is 1. The largest absolute Gasteiger partial charge is 0.397 e. The molecule has 1 aliphatic rings. The third-order valence-corrected chi connectivity index (χ3v) is 6.50. The molecule has 1 amide bonds. The lowest BCUT2D eigenvalue weighted by atomic mass is 10.0. The summed E-state index contributed by atoms with van der Waals surface area (Å²) < 4.78 is 14.9. The number of piperidine rings is 1. The number of pyridine rings is 3. The Morgan fingerprint density at radius 2 is 1.97 bits per heavy atom. The van der Waals surface area contributed by atoms with Crippen LogP contribution in [-0.2, 0) is 0 Å². The van der Waals surface area contributed by atoms with Crippen LogP contribution >= 0.6 is 0 Å². The van der Waals surface area contributed by atoms with E-state index in [0.717, 1.165) is 42.5 Å². The molecule has 1 fully saturated rings. The zero-order valence-electron chi connectivity index (χ0n) is 20.9. The van der Waals surface area contributed by atoms with Gasteiger partial charge in [-0.15, -0.1) is 0 Å². The molecule has 0 unspecified atom stereocenters. The summed E-state index contributed by atoms with van der Waals surface area (Å²) in [5.41, 5.74) is 16.6. The highest BCUT2D eigenvalue weighted by Crippen LogP contribution is 2.33. The summed E-state index contributed by atoms with van der Waals surface area (Å²) in [6.07, 6.45) is 5.51. The number of hydrogen-bond donors (Lipinski definition) is 3. The fourth-order valence-corrected chi connectivity index (χ4v) is 4.70. The Morgan fingerprint density at radius 1 is 1.14 bits per heavy atom. The van der Waals surface area contributed by atoms with Crippen molar-refractivity contribution in [1.29, 1.82) is 0 Å². The number of halogens is 1. The van der Waals surface area contributed by atoms with Crippen molar-refractivity contribution < 1.29 is 9.18 Å². The van der Waals surface area contributed by atoms with Crippen LogP contribution in [0.5, 0.6) is 0 Å². The van der Waals surface area contributed by atoms with Gasteiger partial charge in [0.1, 0.15) is 11.5 Å². The molecule has 4 heterocycles. The normalized spacial score (nSPS) is 15.8. The first-order valence-corrected chi connectivity index (χ1v) is 12.4. The highest BCUT2D eigenvalue weighted by Gasteiger charge is 2.20. The minimum absolute atomic E-state index is 0.0405. The lowest BCUT2D eigenvalue weighted by Crippen LogP contribution is -2.42. The highest BCUT2D eigenvalue weighted by atomic mass is 19.1. The molecule has 0 saturated carbocycles. The van der Waals surface area contributed by atoms with Gasteiger partial charge in [0.25, 0.3) is 5.91 Å². The Morgan fingerprint density at radius 3 is 2.76 bits per heavy atom. The molecule has 190 valence electrons. The van der Waals surface area contributed by atoms with E-state index in [2.05, 4.69) is 25.2 Å². The van der Waals surface area contributed by atoms with Gasteiger partial charge >= 0.3 is 0 Å².